The van der Waals surface area contributed by atoms with Gasteiger partial charge in [0, 0.05) is 20.2 Å². The number of thiocarbonyl (C=S) groups is 1. The molecule has 108 valence electrons. The first-order chi connectivity index (χ1) is 9.43. The van der Waals surface area contributed by atoms with Gasteiger partial charge in [-0.05, 0) is 42.9 Å². The van der Waals surface area contributed by atoms with E-state index in [4.69, 9.17) is 21.7 Å². The molecule has 1 rings (SSSR count). The minimum atomic E-state index is -0.555. The Bertz CT molecular complexity index is 529. The molecule has 0 radical (unpaired) electrons. The molecule has 0 aliphatic heterocycles. The van der Waals surface area contributed by atoms with Crippen LogP contribution in [0.2, 0.25) is 0 Å². The van der Waals surface area contributed by atoms with E-state index in [1.54, 1.807) is 32.0 Å². The first kappa shape index (κ1) is 16.1. The van der Waals surface area contributed by atoms with Crippen LogP contribution in [0.3, 0.4) is 0 Å². The van der Waals surface area contributed by atoms with Crippen molar-refractivity contribution in [2.45, 2.75) is 6.92 Å². The molecule has 6 heteroatoms. The zero-order chi connectivity index (χ0) is 15.1. The Kier molecular flexibility index (Phi) is 6.11. The molecule has 0 spiro atoms. The highest BCUT2D eigenvalue weighted by Crippen LogP contribution is 2.19. The lowest BCUT2D eigenvalue weighted by molar-refractivity contribution is -0.137. The molecule has 4 nitrogen and oxygen atoms in total. The summed E-state index contributed by atoms with van der Waals surface area (Å²) in [4.78, 5) is 12.7. The second kappa shape index (κ2) is 7.59. The summed E-state index contributed by atoms with van der Waals surface area (Å²) in [5.41, 5.74) is 0.527. The van der Waals surface area contributed by atoms with Crippen molar-refractivity contribution < 1.29 is 18.7 Å². The van der Waals surface area contributed by atoms with E-state index in [2.05, 4.69) is 0 Å². The predicted molar refractivity (Wildman–Crippen MR) is 79.0 cm³/mol. The smallest absolute Gasteiger partial charge is 0.330 e. The summed E-state index contributed by atoms with van der Waals surface area (Å²) in [5, 5.41) is 0.165. The van der Waals surface area contributed by atoms with Gasteiger partial charge in [0.15, 0.2) is 11.6 Å². The molecule has 0 saturated heterocycles. The van der Waals surface area contributed by atoms with Crippen molar-refractivity contribution in [1.29, 1.82) is 0 Å². The lowest BCUT2D eigenvalue weighted by atomic mass is 10.2. The highest BCUT2D eigenvalue weighted by atomic mass is 32.1. The standard InChI is InChI=1S/C14H16FNO3S/c1-4-18-13(17)8-6-10-5-7-12(11(15)9-10)19-14(20)16(2)3/h5-9H,4H2,1-3H3. The van der Waals surface area contributed by atoms with Gasteiger partial charge in [-0.25, -0.2) is 9.18 Å². The number of carbonyl (C=O) groups excluding carboxylic acids is 1. The van der Waals surface area contributed by atoms with Crippen molar-refractivity contribution in [3.05, 3.63) is 35.7 Å². The maximum Gasteiger partial charge on any atom is 0.330 e. The van der Waals surface area contributed by atoms with Gasteiger partial charge in [-0.2, -0.15) is 0 Å². The van der Waals surface area contributed by atoms with Gasteiger partial charge in [-0.3, -0.25) is 0 Å². The molecule has 0 heterocycles. The summed E-state index contributed by atoms with van der Waals surface area (Å²) >= 11 is 4.93. The molecule has 0 amide bonds. The van der Waals surface area contributed by atoms with Gasteiger partial charge in [-0.15, -0.1) is 0 Å². The summed E-state index contributed by atoms with van der Waals surface area (Å²) in [6, 6.07) is 4.33. The zero-order valence-corrected chi connectivity index (χ0v) is 12.4. The minimum absolute atomic E-state index is 0.0389. The number of halogens is 1. The van der Waals surface area contributed by atoms with Gasteiger partial charge in [-0.1, -0.05) is 6.07 Å². The van der Waals surface area contributed by atoms with Crippen LogP contribution in [0.4, 0.5) is 4.39 Å². The topological polar surface area (TPSA) is 38.8 Å². The molecule has 20 heavy (non-hydrogen) atoms. The molecule has 1 aromatic rings. The van der Waals surface area contributed by atoms with Gasteiger partial charge in [0.1, 0.15) is 0 Å². The minimum Gasteiger partial charge on any atom is -0.463 e. The van der Waals surface area contributed by atoms with Crippen LogP contribution in [0.25, 0.3) is 6.08 Å². The van der Waals surface area contributed by atoms with E-state index >= 15 is 0 Å². The normalized spacial score (nSPS) is 10.4. The summed E-state index contributed by atoms with van der Waals surface area (Å²) in [7, 11) is 3.41. The van der Waals surface area contributed by atoms with Crippen molar-refractivity contribution in [2.75, 3.05) is 20.7 Å². The van der Waals surface area contributed by atoms with E-state index < -0.39 is 11.8 Å². The Hall–Kier alpha value is -1.95. The van der Waals surface area contributed by atoms with Gasteiger partial charge in [0.05, 0.1) is 6.61 Å². The fraction of sp³-hybridized carbons (Fsp3) is 0.286. The molecule has 0 saturated carbocycles. The maximum absolute atomic E-state index is 13.8. The van der Waals surface area contributed by atoms with Crippen molar-refractivity contribution in [3.63, 3.8) is 0 Å². The lowest BCUT2D eigenvalue weighted by Gasteiger charge is -2.14. The second-order valence-electron chi connectivity index (χ2n) is 4.04. The number of rotatable bonds is 4. The Balaban J connectivity index is 2.78. The number of hydrogen-bond acceptors (Lipinski definition) is 4. The monoisotopic (exact) mass is 297 g/mol. The van der Waals surface area contributed by atoms with Crippen LogP contribution in [0.1, 0.15) is 12.5 Å². The Morgan fingerprint density at radius 3 is 2.70 bits per heavy atom. The Morgan fingerprint density at radius 2 is 2.15 bits per heavy atom. The van der Waals surface area contributed by atoms with Crippen LogP contribution in [-0.4, -0.2) is 36.7 Å². The van der Waals surface area contributed by atoms with E-state index in [9.17, 15) is 9.18 Å². The molecular weight excluding hydrogens is 281 g/mol. The quantitative estimate of drug-likeness (QED) is 0.485. The molecule has 0 unspecified atom stereocenters. The average molecular weight is 297 g/mol. The van der Waals surface area contributed by atoms with Crippen molar-refractivity contribution in [2.24, 2.45) is 0 Å². The van der Waals surface area contributed by atoms with Crippen LogP contribution < -0.4 is 4.74 Å². The molecule has 0 aliphatic rings. The van der Waals surface area contributed by atoms with Gasteiger partial charge < -0.3 is 14.4 Å². The summed E-state index contributed by atoms with van der Waals surface area (Å²) in [5.74, 6) is -0.987. The van der Waals surface area contributed by atoms with Crippen molar-refractivity contribution >= 4 is 29.4 Å². The third-order valence-electron chi connectivity index (χ3n) is 2.22. The van der Waals surface area contributed by atoms with E-state index in [1.807, 2.05) is 0 Å². The molecule has 0 aliphatic carbocycles. The highest BCUT2D eigenvalue weighted by Gasteiger charge is 2.08. The Morgan fingerprint density at radius 1 is 1.45 bits per heavy atom. The van der Waals surface area contributed by atoms with Gasteiger partial charge >= 0.3 is 5.97 Å². The molecule has 0 fully saturated rings. The fourth-order valence-corrected chi connectivity index (χ4v) is 1.33. The predicted octanol–water partition coefficient (Wildman–Crippen LogP) is 2.63. The maximum atomic E-state index is 13.8. The number of esters is 1. The first-order valence-corrected chi connectivity index (χ1v) is 6.38. The molecule has 0 aromatic heterocycles. The number of benzene rings is 1. The molecule has 1 aromatic carbocycles. The average Bonchev–Trinajstić information content (AvgIpc) is 2.39. The summed E-state index contributed by atoms with van der Waals surface area (Å²) < 4.78 is 23.7. The summed E-state index contributed by atoms with van der Waals surface area (Å²) in [6.45, 7) is 2.01. The molecule has 0 N–H and O–H groups in total. The number of ether oxygens (including phenoxy) is 2. The van der Waals surface area contributed by atoms with Crippen LogP contribution in [0, 0.1) is 5.82 Å². The van der Waals surface area contributed by atoms with E-state index in [0.29, 0.717) is 12.2 Å². The van der Waals surface area contributed by atoms with Crippen LogP contribution in [0.5, 0.6) is 5.75 Å². The number of hydrogen-bond donors (Lipinski definition) is 0. The molecule has 0 bridgehead atoms. The van der Waals surface area contributed by atoms with Crippen molar-refractivity contribution in [3.8, 4) is 5.75 Å². The third-order valence-corrected chi connectivity index (χ3v) is 2.67. The zero-order valence-electron chi connectivity index (χ0n) is 11.6. The van der Waals surface area contributed by atoms with Crippen molar-refractivity contribution in [1.82, 2.24) is 4.90 Å². The summed E-state index contributed by atoms with van der Waals surface area (Å²) in [6.07, 6.45) is 2.71. The highest BCUT2D eigenvalue weighted by molar-refractivity contribution is 7.80. The largest absolute Gasteiger partial charge is 0.463 e. The first-order valence-electron chi connectivity index (χ1n) is 5.97. The van der Waals surface area contributed by atoms with E-state index in [0.717, 1.165) is 0 Å². The molecule has 0 atom stereocenters. The SMILES string of the molecule is CCOC(=O)C=Cc1ccc(OC(=S)N(C)C)c(F)c1. The van der Waals surface area contributed by atoms with Gasteiger partial charge in [0.25, 0.3) is 5.17 Å². The van der Waals surface area contributed by atoms with E-state index in [-0.39, 0.29) is 10.9 Å². The van der Waals surface area contributed by atoms with Gasteiger partial charge in [0.2, 0.25) is 0 Å². The van der Waals surface area contributed by atoms with Crippen LogP contribution in [0.15, 0.2) is 24.3 Å². The second-order valence-corrected chi connectivity index (χ2v) is 4.39. The van der Waals surface area contributed by atoms with Crippen LogP contribution in [-0.2, 0) is 9.53 Å². The third kappa shape index (κ3) is 4.97. The number of nitrogens with zero attached hydrogens (tertiary/aromatic N) is 1. The fourth-order valence-electron chi connectivity index (χ4n) is 1.24. The van der Waals surface area contributed by atoms with Crippen LogP contribution >= 0.6 is 12.2 Å². The lowest BCUT2D eigenvalue weighted by Crippen LogP contribution is -2.25. The Labute approximate surface area is 122 Å². The van der Waals surface area contributed by atoms with E-state index in [1.165, 1.54) is 24.3 Å². The molecular formula is C14H16FNO3S. The number of carbonyl (C=O) groups is 1.